The van der Waals surface area contributed by atoms with Crippen molar-refractivity contribution < 1.29 is 14.6 Å². The van der Waals surface area contributed by atoms with Gasteiger partial charge in [-0.15, -0.1) is 0 Å². The van der Waals surface area contributed by atoms with E-state index in [-0.39, 0.29) is 22.9 Å². The molecule has 0 aliphatic heterocycles. The maximum Gasteiger partial charge on any atom is 0.341 e. The fourth-order valence-electron chi connectivity index (χ4n) is 1.51. The molecule has 0 aliphatic rings. The van der Waals surface area contributed by atoms with Crippen LogP contribution in [0.3, 0.4) is 0 Å². The molecule has 0 saturated heterocycles. The van der Waals surface area contributed by atoms with Gasteiger partial charge in [0.15, 0.2) is 0 Å². The van der Waals surface area contributed by atoms with E-state index in [0.717, 1.165) is 5.69 Å². The van der Waals surface area contributed by atoms with Gasteiger partial charge in [0.1, 0.15) is 17.9 Å². The highest BCUT2D eigenvalue weighted by molar-refractivity contribution is 6.33. The zero-order valence-corrected chi connectivity index (χ0v) is 10.4. The van der Waals surface area contributed by atoms with Crippen LogP contribution in [-0.4, -0.2) is 20.6 Å². The second kappa shape index (κ2) is 5.10. The van der Waals surface area contributed by atoms with Crippen LogP contribution in [0.2, 0.25) is 5.02 Å². The number of halogens is 1. The molecule has 2 aromatic rings. The summed E-state index contributed by atoms with van der Waals surface area (Å²) in [6.45, 7) is 0.233. The molecule has 1 heterocycles. The number of carbonyl (C=O) groups is 1. The number of ether oxygens (including phenoxy) is 1. The minimum Gasteiger partial charge on any atom is -0.486 e. The van der Waals surface area contributed by atoms with Gasteiger partial charge in [-0.3, -0.25) is 0 Å². The Morgan fingerprint density at radius 3 is 2.94 bits per heavy atom. The van der Waals surface area contributed by atoms with E-state index < -0.39 is 5.97 Å². The molecular weight excluding hydrogens is 256 g/mol. The van der Waals surface area contributed by atoms with E-state index in [4.69, 9.17) is 21.4 Å². The molecule has 0 saturated carbocycles. The summed E-state index contributed by atoms with van der Waals surface area (Å²) in [5.41, 5.74) is 0.813. The highest BCUT2D eigenvalue weighted by Crippen LogP contribution is 2.26. The predicted molar refractivity (Wildman–Crippen MR) is 66.0 cm³/mol. The molecule has 6 heteroatoms. The molecule has 1 aromatic carbocycles. The molecule has 1 aromatic heterocycles. The van der Waals surface area contributed by atoms with Crippen molar-refractivity contribution in [2.45, 2.75) is 6.61 Å². The van der Waals surface area contributed by atoms with Gasteiger partial charge in [0.05, 0.1) is 23.2 Å². The number of aromatic nitrogens is 2. The van der Waals surface area contributed by atoms with Crippen LogP contribution < -0.4 is 4.74 Å². The van der Waals surface area contributed by atoms with E-state index >= 15 is 0 Å². The fraction of sp³-hybridized carbons (Fsp3) is 0.167. The number of carboxylic acid groups (broad SMARTS) is 1. The van der Waals surface area contributed by atoms with E-state index in [1.807, 2.05) is 7.05 Å². The molecule has 2 rings (SSSR count). The van der Waals surface area contributed by atoms with Crippen molar-refractivity contribution in [3.63, 3.8) is 0 Å². The molecule has 18 heavy (non-hydrogen) atoms. The van der Waals surface area contributed by atoms with Crippen molar-refractivity contribution in [2.24, 2.45) is 7.05 Å². The van der Waals surface area contributed by atoms with E-state index in [1.165, 1.54) is 6.07 Å². The number of hydrogen-bond donors (Lipinski definition) is 1. The highest BCUT2D eigenvalue weighted by atomic mass is 35.5. The van der Waals surface area contributed by atoms with Crippen LogP contribution in [0.1, 0.15) is 16.1 Å². The third kappa shape index (κ3) is 2.46. The minimum absolute atomic E-state index is 0.0265. The Morgan fingerprint density at radius 2 is 2.33 bits per heavy atom. The molecule has 0 amide bonds. The molecule has 5 nitrogen and oxygen atoms in total. The van der Waals surface area contributed by atoms with Gasteiger partial charge in [-0.05, 0) is 12.1 Å². The summed E-state index contributed by atoms with van der Waals surface area (Å²) in [7, 11) is 1.84. The van der Waals surface area contributed by atoms with Gasteiger partial charge in [-0.2, -0.15) is 0 Å². The highest BCUT2D eigenvalue weighted by Gasteiger charge is 2.15. The maximum atomic E-state index is 11.1. The lowest BCUT2D eigenvalue weighted by atomic mass is 10.2. The van der Waals surface area contributed by atoms with E-state index in [9.17, 15) is 4.79 Å². The molecule has 0 spiro atoms. The van der Waals surface area contributed by atoms with Crippen molar-refractivity contribution >= 4 is 17.6 Å². The average Bonchev–Trinajstić information content (AvgIpc) is 2.71. The topological polar surface area (TPSA) is 64.4 Å². The van der Waals surface area contributed by atoms with Crippen LogP contribution in [0.4, 0.5) is 0 Å². The standard InChI is InChI=1S/C12H11ClN2O3/c1-15-7-14-5-8(15)6-18-10-4-2-3-9(13)11(10)12(16)17/h2-5,7H,6H2,1H3,(H,16,17). The first-order chi connectivity index (χ1) is 8.59. The molecule has 0 radical (unpaired) electrons. The Balaban J connectivity index is 2.22. The van der Waals surface area contributed by atoms with Crippen molar-refractivity contribution in [3.8, 4) is 5.75 Å². The zero-order chi connectivity index (χ0) is 13.1. The summed E-state index contributed by atoms with van der Waals surface area (Å²) in [4.78, 5) is 15.0. The summed E-state index contributed by atoms with van der Waals surface area (Å²) in [6, 6.07) is 4.74. The second-order valence-corrected chi connectivity index (χ2v) is 4.11. The van der Waals surface area contributed by atoms with E-state index in [1.54, 1.807) is 29.2 Å². The smallest absolute Gasteiger partial charge is 0.341 e. The van der Waals surface area contributed by atoms with Gasteiger partial charge in [-0.1, -0.05) is 17.7 Å². The van der Waals surface area contributed by atoms with Gasteiger partial charge >= 0.3 is 5.97 Å². The Kier molecular flexibility index (Phi) is 3.53. The van der Waals surface area contributed by atoms with Crippen LogP contribution in [0.25, 0.3) is 0 Å². The van der Waals surface area contributed by atoms with Gasteiger partial charge in [-0.25, -0.2) is 9.78 Å². The number of nitrogens with zero attached hydrogens (tertiary/aromatic N) is 2. The third-order valence-electron chi connectivity index (χ3n) is 2.48. The molecule has 0 unspecified atom stereocenters. The Morgan fingerprint density at radius 1 is 1.56 bits per heavy atom. The van der Waals surface area contributed by atoms with E-state index in [2.05, 4.69) is 4.98 Å². The largest absolute Gasteiger partial charge is 0.486 e. The van der Waals surface area contributed by atoms with Crippen molar-refractivity contribution in [3.05, 3.63) is 47.0 Å². The second-order valence-electron chi connectivity index (χ2n) is 3.70. The quantitative estimate of drug-likeness (QED) is 0.923. The maximum absolute atomic E-state index is 11.1. The van der Waals surface area contributed by atoms with Crippen LogP contribution >= 0.6 is 11.6 Å². The lowest BCUT2D eigenvalue weighted by Crippen LogP contribution is -2.06. The Hall–Kier alpha value is -2.01. The normalized spacial score (nSPS) is 10.3. The lowest BCUT2D eigenvalue weighted by molar-refractivity contribution is 0.0692. The number of hydrogen-bond acceptors (Lipinski definition) is 3. The number of rotatable bonds is 4. The summed E-state index contributed by atoms with van der Waals surface area (Å²) in [5.74, 6) is -0.864. The number of carboxylic acids is 1. The van der Waals surface area contributed by atoms with Crippen molar-refractivity contribution in [1.29, 1.82) is 0 Å². The zero-order valence-electron chi connectivity index (χ0n) is 9.63. The summed E-state index contributed by atoms with van der Waals surface area (Å²) in [6.07, 6.45) is 3.31. The summed E-state index contributed by atoms with van der Waals surface area (Å²) in [5, 5.41) is 9.23. The Labute approximate surface area is 109 Å². The first-order valence-electron chi connectivity index (χ1n) is 5.19. The van der Waals surface area contributed by atoms with E-state index in [0.29, 0.717) is 0 Å². The number of benzene rings is 1. The van der Waals surface area contributed by atoms with Crippen LogP contribution in [-0.2, 0) is 13.7 Å². The monoisotopic (exact) mass is 266 g/mol. The minimum atomic E-state index is -1.11. The molecule has 0 atom stereocenters. The van der Waals surface area contributed by atoms with Crippen LogP contribution in [0.5, 0.6) is 5.75 Å². The van der Waals surface area contributed by atoms with Gasteiger partial charge in [0.25, 0.3) is 0 Å². The average molecular weight is 267 g/mol. The SMILES string of the molecule is Cn1cncc1COc1cccc(Cl)c1C(=O)O. The number of aromatic carboxylic acids is 1. The van der Waals surface area contributed by atoms with Gasteiger partial charge in [0.2, 0.25) is 0 Å². The van der Waals surface area contributed by atoms with Crippen LogP contribution in [0, 0.1) is 0 Å². The molecule has 94 valence electrons. The molecule has 0 aliphatic carbocycles. The first kappa shape index (κ1) is 12.4. The summed E-state index contributed by atoms with van der Waals surface area (Å²) < 4.78 is 7.27. The first-order valence-corrected chi connectivity index (χ1v) is 5.57. The fourth-order valence-corrected chi connectivity index (χ4v) is 1.75. The van der Waals surface area contributed by atoms with Crippen molar-refractivity contribution in [2.75, 3.05) is 0 Å². The summed E-state index contributed by atoms with van der Waals surface area (Å²) >= 11 is 5.84. The Bertz CT molecular complexity index is 580. The lowest BCUT2D eigenvalue weighted by Gasteiger charge is -2.10. The van der Waals surface area contributed by atoms with Gasteiger partial charge in [0, 0.05) is 7.05 Å². The van der Waals surface area contributed by atoms with Crippen LogP contribution in [0.15, 0.2) is 30.7 Å². The molecule has 0 bridgehead atoms. The number of aryl methyl sites for hydroxylation is 1. The predicted octanol–water partition coefficient (Wildman–Crippen LogP) is 2.35. The third-order valence-corrected chi connectivity index (χ3v) is 2.80. The number of imidazole rings is 1. The molecular formula is C12H11ClN2O3. The van der Waals surface area contributed by atoms with Crippen molar-refractivity contribution in [1.82, 2.24) is 9.55 Å². The molecule has 1 N–H and O–H groups in total. The molecule has 0 fully saturated rings. The van der Waals surface area contributed by atoms with Gasteiger partial charge < -0.3 is 14.4 Å².